The number of anilines is 2. The van der Waals surface area contributed by atoms with Crippen molar-refractivity contribution in [2.45, 2.75) is 13.8 Å². The van der Waals surface area contributed by atoms with Gasteiger partial charge in [0.05, 0.1) is 0 Å². The zero-order chi connectivity index (χ0) is 26.6. The first-order valence-corrected chi connectivity index (χ1v) is 12.1. The average molecular weight is 509 g/mol. The van der Waals surface area contributed by atoms with Crippen molar-refractivity contribution in [1.82, 2.24) is 40.4 Å². The van der Waals surface area contributed by atoms with Crippen LogP contribution in [0.15, 0.2) is 97.3 Å². The number of nitrogens with one attached hydrogen (secondary N) is 2. The smallest absolute Gasteiger partial charge is 0.351 e. The maximum absolute atomic E-state index is 12.6. The summed E-state index contributed by atoms with van der Waals surface area (Å²) in [6.45, 7) is 5.55. The summed E-state index contributed by atoms with van der Waals surface area (Å²) >= 11 is 0. The van der Waals surface area contributed by atoms with E-state index in [1.54, 1.807) is 29.4 Å². The summed E-state index contributed by atoms with van der Waals surface area (Å²) in [5, 5.41) is 21.1. The number of hydrogen-bond acceptors (Lipinski definition) is 8. The van der Waals surface area contributed by atoms with Crippen LogP contribution >= 0.6 is 0 Å². The van der Waals surface area contributed by atoms with Crippen LogP contribution < -0.4 is 10.2 Å². The van der Waals surface area contributed by atoms with Crippen molar-refractivity contribution in [2.75, 3.05) is 23.3 Å². The molecule has 2 aromatic carbocycles. The SMILES string of the molecule is CCN(C(=O)n1nnc2ncccc21)c1ccccc1.CCNc1ccccc1.c1cnc2n[nH]nc2c1. The van der Waals surface area contributed by atoms with E-state index in [1.807, 2.05) is 67.6 Å². The maximum atomic E-state index is 12.6. The number of pyridine rings is 2. The van der Waals surface area contributed by atoms with Crippen LogP contribution in [-0.2, 0) is 0 Å². The molecule has 0 aliphatic heterocycles. The number of nitrogens with zero attached hydrogens (tertiary/aromatic N) is 8. The first kappa shape index (κ1) is 25.9. The zero-order valence-corrected chi connectivity index (χ0v) is 21.1. The number of aromatic nitrogens is 8. The Morgan fingerprint density at radius 3 is 2.21 bits per heavy atom. The topological polar surface area (TPSA) is 130 Å². The minimum absolute atomic E-state index is 0.241. The third-order valence-electron chi connectivity index (χ3n) is 5.27. The van der Waals surface area contributed by atoms with Crippen molar-refractivity contribution in [3.05, 3.63) is 97.3 Å². The van der Waals surface area contributed by atoms with E-state index in [1.165, 1.54) is 10.4 Å². The molecule has 0 saturated heterocycles. The van der Waals surface area contributed by atoms with Crippen molar-refractivity contribution in [3.63, 3.8) is 0 Å². The molecular weight excluding hydrogens is 480 g/mol. The monoisotopic (exact) mass is 508 g/mol. The summed E-state index contributed by atoms with van der Waals surface area (Å²) in [6.07, 6.45) is 3.31. The van der Waals surface area contributed by atoms with Crippen molar-refractivity contribution >= 4 is 39.7 Å². The second-order valence-corrected chi connectivity index (χ2v) is 7.78. The lowest BCUT2D eigenvalue weighted by Crippen LogP contribution is -2.35. The zero-order valence-electron chi connectivity index (χ0n) is 21.1. The Morgan fingerprint density at radius 1 is 0.842 bits per heavy atom. The van der Waals surface area contributed by atoms with E-state index in [9.17, 15) is 4.79 Å². The summed E-state index contributed by atoms with van der Waals surface area (Å²) in [5.74, 6) is 0. The number of hydrogen-bond donors (Lipinski definition) is 2. The summed E-state index contributed by atoms with van der Waals surface area (Å²) in [6, 6.07) is 26.6. The lowest BCUT2D eigenvalue weighted by Gasteiger charge is -2.20. The van der Waals surface area contributed by atoms with Crippen LogP contribution in [0, 0.1) is 0 Å². The Hall–Kier alpha value is -5.19. The van der Waals surface area contributed by atoms with Crippen LogP contribution in [-0.4, -0.2) is 59.5 Å². The van der Waals surface area contributed by atoms with E-state index < -0.39 is 0 Å². The molecule has 38 heavy (non-hydrogen) atoms. The average Bonchev–Trinajstić information content (AvgIpc) is 3.63. The van der Waals surface area contributed by atoms with E-state index in [0.717, 1.165) is 17.7 Å². The molecule has 0 unspecified atom stereocenters. The fraction of sp³-hybridized carbons (Fsp3) is 0.148. The Morgan fingerprint density at radius 2 is 1.53 bits per heavy atom. The van der Waals surface area contributed by atoms with E-state index in [4.69, 9.17) is 0 Å². The van der Waals surface area contributed by atoms with Crippen LogP contribution in [0.4, 0.5) is 16.2 Å². The fourth-order valence-corrected chi connectivity index (χ4v) is 3.51. The molecule has 0 bridgehead atoms. The largest absolute Gasteiger partial charge is 0.385 e. The molecule has 6 rings (SSSR count). The van der Waals surface area contributed by atoms with Gasteiger partial charge in [-0.15, -0.1) is 10.2 Å². The Labute approximate surface area is 219 Å². The van der Waals surface area contributed by atoms with Gasteiger partial charge in [-0.1, -0.05) is 41.6 Å². The number of rotatable bonds is 4. The molecule has 4 aromatic heterocycles. The number of para-hydroxylation sites is 2. The predicted octanol–water partition coefficient (Wildman–Crippen LogP) is 4.79. The summed E-state index contributed by atoms with van der Waals surface area (Å²) in [4.78, 5) is 22.3. The number of H-pyrrole nitrogens is 1. The quantitative estimate of drug-likeness (QED) is 0.347. The number of carbonyl (C=O) groups excluding carboxylic acids is 1. The predicted molar refractivity (Wildman–Crippen MR) is 148 cm³/mol. The summed E-state index contributed by atoms with van der Waals surface area (Å²) < 4.78 is 1.28. The third-order valence-corrected chi connectivity index (χ3v) is 5.27. The van der Waals surface area contributed by atoms with Crippen molar-refractivity contribution in [2.24, 2.45) is 0 Å². The minimum Gasteiger partial charge on any atom is -0.385 e. The Balaban J connectivity index is 0.000000154. The van der Waals surface area contributed by atoms with Gasteiger partial charge >= 0.3 is 6.03 Å². The third kappa shape index (κ3) is 6.52. The highest BCUT2D eigenvalue weighted by molar-refractivity contribution is 5.97. The molecule has 0 atom stereocenters. The van der Waals surface area contributed by atoms with Crippen LogP contribution in [0.5, 0.6) is 0 Å². The molecule has 0 fully saturated rings. The number of amides is 1. The lowest BCUT2D eigenvalue weighted by molar-refractivity contribution is 0.245. The van der Waals surface area contributed by atoms with Crippen molar-refractivity contribution in [1.29, 1.82) is 0 Å². The normalized spacial score (nSPS) is 10.2. The van der Waals surface area contributed by atoms with E-state index in [0.29, 0.717) is 23.4 Å². The molecular formula is C27H28N10O. The van der Waals surface area contributed by atoms with Crippen LogP contribution in [0.2, 0.25) is 0 Å². The Bertz CT molecular complexity index is 1520. The van der Waals surface area contributed by atoms with Gasteiger partial charge in [-0.2, -0.15) is 15.0 Å². The van der Waals surface area contributed by atoms with Gasteiger partial charge in [0.1, 0.15) is 11.0 Å². The van der Waals surface area contributed by atoms with Gasteiger partial charge in [0, 0.05) is 36.9 Å². The second kappa shape index (κ2) is 13.2. The molecule has 2 N–H and O–H groups in total. The van der Waals surface area contributed by atoms with Crippen LogP contribution in [0.1, 0.15) is 13.8 Å². The molecule has 1 amide bonds. The van der Waals surface area contributed by atoms with Gasteiger partial charge in [-0.05, 0) is 62.4 Å². The van der Waals surface area contributed by atoms with Gasteiger partial charge in [0.15, 0.2) is 0 Å². The standard InChI is InChI=1S/C14H13N5O.C8H11N.C5H4N4/c1-2-18(11-7-4-3-5-8-11)14(20)19-12-9-6-10-15-13(12)16-17-19;1-2-9-8-6-4-3-5-7-8;1-2-4-5(6-3-1)8-9-7-4/h3-10H,2H2,1H3;3-7,9H,2H2,1H3;1-3H,(H,6,7,8,9). The van der Waals surface area contributed by atoms with Gasteiger partial charge in [-0.25, -0.2) is 14.8 Å². The molecule has 11 nitrogen and oxygen atoms in total. The maximum Gasteiger partial charge on any atom is 0.351 e. The second-order valence-electron chi connectivity index (χ2n) is 7.78. The minimum atomic E-state index is -0.241. The molecule has 0 saturated carbocycles. The molecule has 0 aliphatic rings. The molecule has 0 aliphatic carbocycles. The molecule has 192 valence electrons. The number of aromatic amines is 1. The molecule has 4 heterocycles. The molecule has 0 radical (unpaired) electrons. The van der Waals surface area contributed by atoms with Crippen LogP contribution in [0.25, 0.3) is 22.3 Å². The van der Waals surface area contributed by atoms with Crippen molar-refractivity contribution in [3.8, 4) is 0 Å². The number of fused-ring (bicyclic) bond motifs is 2. The Kier molecular flexibility index (Phi) is 9.00. The lowest BCUT2D eigenvalue weighted by atomic mass is 10.3. The highest BCUT2D eigenvalue weighted by Gasteiger charge is 2.19. The number of carbonyl (C=O) groups is 1. The van der Waals surface area contributed by atoms with Crippen LogP contribution in [0.3, 0.4) is 0 Å². The van der Waals surface area contributed by atoms with Gasteiger partial charge in [-0.3, -0.25) is 4.90 Å². The highest BCUT2D eigenvalue weighted by Crippen LogP contribution is 2.16. The fourth-order valence-electron chi connectivity index (χ4n) is 3.51. The van der Waals surface area contributed by atoms with Gasteiger partial charge in [0.25, 0.3) is 0 Å². The molecule has 0 spiro atoms. The van der Waals surface area contributed by atoms with Gasteiger partial charge < -0.3 is 5.32 Å². The summed E-state index contributed by atoms with van der Waals surface area (Å²) in [5.41, 5.74) is 4.55. The van der Waals surface area contributed by atoms with E-state index in [-0.39, 0.29) is 6.03 Å². The highest BCUT2D eigenvalue weighted by atomic mass is 16.2. The number of benzene rings is 2. The van der Waals surface area contributed by atoms with Gasteiger partial charge in [0.2, 0.25) is 11.3 Å². The first-order valence-electron chi connectivity index (χ1n) is 12.1. The van der Waals surface area contributed by atoms with E-state index >= 15 is 0 Å². The molecule has 11 heteroatoms. The molecule has 6 aromatic rings. The first-order chi connectivity index (χ1) is 18.7. The van der Waals surface area contributed by atoms with Crippen molar-refractivity contribution < 1.29 is 4.79 Å². The summed E-state index contributed by atoms with van der Waals surface area (Å²) in [7, 11) is 0. The van der Waals surface area contributed by atoms with E-state index in [2.05, 4.69) is 60.1 Å².